The molecule has 10 heteroatoms. The molecule has 1 saturated heterocycles. The number of benzene rings is 2. The first-order valence-corrected chi connectivity index (χ1v) is 12.1. The van der Waals surface area contributed by atoms with Crippen LogP contribution in [-0.4, -0.2) is 59.1 Å². The van der Waals surface area contributed by atoms with E-state index >= 15 is 0 Å². The van der Waals surface area contributed by atoms with Crippen molar-refractivity contribution in [3.8, 4) is 5.75 Å². The van der Waals surface area contributed by atoms with E-state index in [1.165, 1.54) is 12.4 Å². The fourth-order valence-corrected chi connectivity index (χ4v) is 4.18. The van der Waals surface area contributed by atoms with Crippen LogP contribution in [0.5, 0.6) is 5.75 Å². The van der Waals surface area contributed by atoms with Gasteiger partial charge in [-0.25, -0.2) is 9.97 Å². The number of nitrogens with one attached hydrogen (secondary N) is 2. The number of hydrogen-bond donors (Lipinski definition) is 2. The van der Waals surface area contributed by atoms with Gasteiger partial charge in [0.2, 0.25) is 5.91 Å². The lowest BCUT2D eigenvalue weighted by atomic mass is 10.1. The lowest BCUT2D eigenvalue weighted by Crippen LogP contribution is -2.44. The van der Waals surface area contributed by atoms with Crippen molar-refractivity contribution in [2.45, 2.75) is 25.9 Å². The molecule has 2 heterocycles. The van der Waals surface area contributed by atoms with E-state index in [1.54, 1.807) is 24.3 Å². The van der Waals surface area contributed by atoms with Gasteiger partial charge in [0, 0.05) is 28.7 Å². The SMILES string of the molecule is C=CC(=O)Nc1cc2c(Nc3cccc(Cl)c3)ncnc2cc1OCCCCN1CC(=O)OC(C)C1. The maximum atomic E-state index is 12.1. The lowest BCUT2D eigenvalue weighted by Gasteiger charge is -2.30. The Kier molecular flexibility index (Phi) is 8.35. The Labute approximate surface area is 214 Å². The standard InChI is InChI=1S/C26H28ClN5O4/c1-3-24(33)31-22-12-20-21(28-16-29-26(20)30-19-8-6-7-18(27)11-19)13-23(22)35-10-5-4-9-32-14-17(2)36-25(34)15-32/h3,6-8,11-13,16-17H,1,4-5,9-10,14-15H2,2H3,(H,31,33)(H,28,29,30). The Hall–Kier alpha value is -3.69. The van der Waals surface area contributed by atoms with Gasteiger partial charge in [0.05, 0.1) is 24.4 Å². The molecular formula is C26H28ClN5O4. The molecule has 4 rings (SSSR count). The normalized spacial score (nSPS) is 15.8. The summed E-state index contributed by atoms with van der Waals surface area (Å²) < 4.78 is 11.2. The first kappa shape index (κ1) is 25.4. The van der Waals surface area contributed by atoms with Crippen molar-refractivity contribution in [2.24, 2.45) is 0 Å². The number of cyclic esters (lactones) is 1. The van der Waals surface area contributed by atoms with E-state index in [0.717, 1.165) is 31.6 Å². The number of esters is 1. The molecule has 3 aromatic rings. The highest BCUT2D eigenvalue weighted by Gasteiger charge is 2.22. The lowest BCUT2D eigenvalue weighted by molar-refractivity contribution is -0.157. The summed E-state index contributed by atoms with van der Waals surface area (Å²) in [5.74, 6) is 0.527. The molecule has 1 unspecified atom stereocenters. The zero-order valence-electron chi connectivity index (χ0n) is 20.0. The van der Waals surface area contributed by atoms with Crippen LogP contribution in [0, 0.1) is 0 Å². The number of carbonyl (C=O) groups is 2. The fourth-order valence-electron chi connectivity index (χ4n) is 3.99. The number of unbranched alkanes of at least 4 members (excludes halogenated alkanes) is 1. The van der Waals surface area contributed by atoms with E-state index in [4.69, 9.17) is 21.1 Å². The molecule has 1 aliphatic rings. The molecule has 2 aromatic carbocycles. The third-order valence-electron chi connectivity index (χ3n) is 5.59. The van der Waals surface area contributed by atoms with E-state index in [0.29, 0.717) is 46.3 Å². The number of ether oxygens (including phenoxy) is 2. The molecule has 1 aliphatic heterocycles. The van der Waals surface area contributed by atoms with Gasteiger partial charge in [-0.1, -0.05) is 24.2 Å². The smallest absolute Gasteiger partial charge is 0.320 e. The number of anilines is 3. The second-order valence-electron chi connectivity index (χ2n) is 8.51. The second kappa shape index (κ2) is 11.8. The molecule has 36 heavy (non-hydrogen) atoms. The van der Waals surface area contributed by atoms with E-state index in [2.05, 4.69) is 32.1 Å². The number of nitrogens with zero attached hydrogens (tertiary/aromatic N) is 3. The summed E-state index contributed by atoms with van der Waals surface area (Å²) in [6, 6.07) is 10.9. The largest absolute Gasteiger partial charge is 0.491 e. The third-order valence-corrected chi connectivity index (χ3v) is 5.83. The summed E-state index contributed by atoms with van der Waals surface area (Å²) in [5.41, 5.74) is 1.92. The zero-order chi connectivity index (χ0) is 25.5. The molecule has 0 saturated carbocycles. The molecule has 1 amide bonds. The number of halogens is 1. The van der Waals surface area contributed by atoms with Gasteiger partial charge in [0.25, 0.3) is 0 Å². The van der Waals surface area contributed by atoms with Crippen LogP contribution < -0.4 is 15.4 Å². The summed E-state index contributed by atoms with van der Waals surface area (Å²) in [7, 11) is 0. The minimum atomic E-state index is -0.355. The Morgan fingerprint density at radius 3 is 2.94 bits per heavy atom. The molecular weight excluding hydrogens is 482 g/mol. The van der Waals surface area contributed by atoms with Gasteiger partial charge in [-0.15, -0.1) is 0 Å². The zero-order valence-corrected chi connectivity index (χ0v) is 20.8. The van der Waals surface area contributed by atoms with E-state index < -0.39 is 0 Å². The Morgan fingerprint density at radius 2 is 2.17 bits per heavy atom. The van der Waals surface area contributed by atoms with Gasteiger partial charge in [-0.05, 0) is 56.7 Å². The van der Waals surface area contributed by atoms with Crippen molar-refractivity contribution in [2.75, 3.05) is 36.9 Å². The topological polar surface area (TPSA) is 106 Å². The van der Waals surface area contributed by atoms with Crippen molar-refractivity contribution >= 4 is 51.6 Å². The molecule has 1 atom stereocenters. The van der Waals surface area contributed by atoms with Crippen molar-refractivity contribution in [3.63, 3.8) is 0 Å². The number of fused-ring (bicyclic) bond motifs is 1. The minimum absolute atomic E-state index is 0.0867. The van der Waals surface area contributed by atoms with Gasteiger partial charge in [0.15, 0.2) is 0 Å². The van der Waals surface area contributed by atoms with Gasteiger partial charge < -0.3 is 20.1 Å². The summed E-state index contributed by atoms with van der Waals surface area (Å²) in [4.78, 5) is 34.5. The quantitative estimate of drug-likeness (QED) is 0.233. The van der Waals surface area contributed by atoms with Crippen molar-refractivity contribution in [3.05, 3.63) is 60.4 Å². The molecule has 9 nitrogen and oxygen atoms in total. The molecule has 1 aromatic heterocycles. The van der Waals surface area contributed by atoms with Crippen molar-refractivity contribution < 1.29 is 19.1 Å². The summed E-state index contributed by atoms with van der Waals surface area (Å²) >= 11 is 6.11. The molecule has 0 spiro atoms. The number of aromatic nitrogens is 2. The molecule has 188 valence electrons. The van der Waals surface area contributed by atoms with E-state index in [-0.39, 0.29) is 18.0 Å². The van der Waals surface area contributed by atoms with Crippen LogP contribution in [0.25, 0.3) is 10.9 Å². The predicted molar refractivity (Wildman–Crippen MR) is 140 cm³/mol. The Morgan fingerprint density at radius 1 is 1.31 bits per heavy atom. The highest BCUT2D eigenvalue weighted by atomic mass is 35.5. The monoisotopic (exact) mass is 509 g/mol. The van der Waals surface area contributed by atoms with Crippen LogP contribution in [0.15, 0.2) is 55.4 Å². The Bertz CT molecular complexity index is 1270. The van der Waals surface area contributed by atoms with Gasteiger partial charge >= 0.3 is 5.97 Å². The summed E-state index contributed by atoms with van der Waals surface area (Å²) in [5, 5.41) is 7.36. The fraction of sp³-hybridized carbons (Fsp3) is 0.308. The number of rotatable bonds is 10. The van der Waals surface area contributed by atoms with E-state index in [9.17, 15) is 9.59 Å². The number of hydrogen-bond acceptors (Lipinski definition) is 8. The van der Waals surface area contributed by atoms with Gasteiger partial charge in [-0.3, -0.25) is 14.5 Å². The maximum absolute atomic E-state index is 12.1. The first-order chi connectivity index (χ1) is 17.4. The average Bonchev–Trinajstić information content (AvgIpc) is 2.83. The van der Waals surface area contributed by atoms with E-state index in [1.807, 2.05) is 19.1 Å². The van der Waals surface area contributed by atoms with Crippen molar-refractivity contribution in [1.29, 1.82) is 0 Å². The van der Waals surface area contributed by atoms with Crippen LogP contribution in [0.3, 0.4) is 0 Å². The minimum Gasteiger partial charge on any atom is -0.491 e. The van der Waals surface area contributed by atoms with Crippen LogP contribution in [0.2, 0.25) is 5.02 Å². The number of morpholine rings is 1. The summed E-state index contributed by atoms with van der Waals surface area (Å²) in [6.07, 6.45) is 4.21. The second-order valence-corrected chi connectivity index (χ2v) is 8.94. The van der Waals surface area contributed by atoms with Crippen LogP contribution in [0.1, 0.15) is 19.8 Å². The van der Waals surface area contributed by atoms with Crippen LogP contribution in [0.4, 0.5) is 17.2 Å². The first-order valence-electron chi connectivity index (χ1n) is 11.7. The van der Waals surface area contributed by atoms with Crippen LogP contribution >= 0.6 is 11.6 Å². The molecule has 0 bridgehead atoms. The van der Waals surface area contributed by atoms with Crippen molar-refractivity contribution in [1.82, 2.24) is 14.9 Å². The molecule has 1 fully saturated rings. The number of carbonyl (C=O) groups excluding carboxylic acids is 2. The highest BCUT2D eigenvalue weighted by molar-refractivity contribution is 6.30. The number of amides is 1. The van der Waals surface area contributed by atoms with Crippen LogP contribution in [-0.2, 0) is 14.3 Å². The molecule has 0 radical (unpaired) electrons. The average molecular weight is 510 g/mol. The molecule has 0 aliphatic carbocycles. The molecule has 2 N–H and O–H groups in total. The van der Waals surface area contributed by atoms with Gasteiger partial charge in [0.1, 0.15) is 24.0 Å². The summed E-state index contributed by atoms with van der Waals surface area (Å²) in [6.45, 7) is 7.70. The predicted octanol–water partition coefficient (Wildman–Crippen LogP) is 4.56. The maximum Gasteiger partial charge on any atom is 0.320 e. The highest BCUT2D eigenvalue weighted by Crippen LogP contribution is 2.33. The van der Waals surface area contributed by atoms with Gasteiger partial charge in [-0.2, -0.15) is 0 Å². The Balaban J connectivity index is 1.47. The third kappa shape index (κ3) is 6.71.